The van der Waals surface area contributed by atoms with E-state index in [-0.39, 0.29) is 24.4 Å². The number of thiazole rings is 1. The van der Waals surface area contributed by atoms with Crippen molar-refractivity contribution in [3.63, 3.8) is 0 Å². The molecule has 1 fully saturated rings. The summed E-state index contributed by atoms with van der Waals surface area (Å²) in [5.41, 5.74) is 5.88. The molecule has 1 saturated heterocycles. The SMILES string of the molecule is Cc1cc(C(=O)NC(Cc2ccccc2)C(O)CNCc2cncc(C(C)C)c2)cc(C(=O)N2CCCC2c2nc(C)cs2)c1. The maximum absolute atomic E-state index is 13.7. The van der Waals surface area contributed by atoms with Crippen LogP contribution in [0.5, 0.6) is 0 Å². The lowest BCUT2D eigenvalue weighted by Crippen LogP contribution is -2.48. The van der Waals surface area contributed by atoms with E-state index in [1.54, 1.807) is 23.5 Å². The minimum Gasteiger partial charge on any atom is -0.390 e. The van der Waals surface area contributed by atoms with E-state index in [2.05, 4.69) is 40.5 Å². The zero-order valence-corrected chi connectivity index (χ0v) is 27.3. The Bertz CT molecular complexity index is 1610. The molecule has 0 aliphatic carbocycles. The van der Waals surface area contributed by atoms with Crippen LogP contribution in [0.2, 0.25) is 0 Å². The Morgan fingerprint density at radius 3 is 2.56 bits per heavy atom. The van der Waals surface area contributed by atoms with Gasteiger partial charge < -0.3 is 20.6 Å². The monoisotopic (exact) mass is 625 g/mol. The first-order chi connectivity index (χ1) is 21.7. The van der Waals surface area contributed by atoms with E-state index in [0.717, 1.165) is 40.2 Å². The van der Waals surface area contributed by atoms with Gasteiger partial charge in [-0.1, -0.05) is 50.2 Å². The molecule has 2 aromatic heterocycles. The number of nitrogens with one attached hydrogen (secondary N) is 2. The van der Waals surface area contributed by atoms with Crippen molar-refractivity contribution in [1.82, 2.24) is 25.5 Å². The summed E-state index contributed by atoms with van der Waals surface area (Å²) in [6.07, 6.45) is 5.11. The van der Waals surface area contributed by atoms with Gasteiger partial charge in [0, 0.05) is 54.2 Å². The minimum atomic E-state index is -0.853. The molecule has 0 saturated carbocycles. The largest absolute Gasteiger partial charge is 0.390 e. The number of carbonyl (C=O) groups is 2. The number of aliphatic hydroxyl groups excluding tert-OH is 1. The molecule has 0 bridgehead atoms. The molecule has 45 heavy (non-hydrogen) atoms. The topological polar surface area (TPSA) is 107 Å². The second kappa shape index (κ2) is 14.9. The fourth-order valence-corrected chi connectivity index (χ4v) is 6.77. The van der Waals surface area contributed by atoms with Crippen molar-refractivity contribution in [3.05, 3.63) is 116 Å². The van der Waals surface area contributed by atoms with Gasteiger partial charge in [-0.25, -0.2) is 4.98 Å². The quantitative estimate of drug-likeness (QED) is 0.185. The fourth-order valence-electron chi connectivity index (χ4n) is 5.82. The van der Waals surface area contributed by atoms with Crippen LogP contribution in [0, 0.1) is 13.8 Å². The predicted octanol–water partition coefficient (Wildman–Crippen LogP) is 5.75. The maximum atomic E-state index is 13.7. The number of amides is 2. The van der Waals surface area contributed by atoms with Crippen molar-refractivity contribution in [2.75, 3.05) is 13.1 Å². The van der Waals surface area contributed by atoms with Crippen LogP contribution in [-0.4, -0.2) is 57.0 Å². The average Bonchev–Trinajstić information content (AvgIpc) is 3.70. The van der Waals surface area contributed by atoms with Gasteiger partial charge >= 0.3 is 0 Å². The molecule has 5 rings (SSSR count). The van der Waals surface area contributed by atoms with Gasteiger partial charge in [-0.15, -0.1) is 11.3 Å². The highest BCUT2D eigenvalue weighted by Gasteiger charge is 2.33. The Balaban J connectivity index is 1.29. The number of likely N-dealkylation sites (tertiary alicyclic amines) is 1. The van der Waals surface area contributed by atoms with Crippen molar-refractivity contribution in [2.24, 2.45) is 0 Å². The fraction of sp³-hybridized carbons (Fsp3) is 0.389. The van der Waals surface area contributed by atoms with Crippen molar-refractivity contribution in [1.29, 1.82) is 0 Å². The van der Waals surface area contributed by atoms with Gasteiger partial charge in [-0.2, -0.15) is 0 Å². The third-order valence-corrected chi connectivity index (χ3v) is 9.33. The van der Waals surface area contributed by atoms with Crippen LogP contribution in [0.25, 0.3) is 0 Å². The number of nitrogens with zero attached hydrogens (tertiary/aromatic N) is 3. The van der Waals surface area contributed by atoms with Crippen molar-refractivity contribution in [2.45, 2.75) is 77.6 Å². The van der Waals surface area contributed by atoms with Crippen LogP contribution >= 0.6 is 11.3 Å². The summed E-state index contributed by atoms with van der Waals surface area (Å²) in [5.74, 6) is -0.0377. The molecule has 0 spiro atoms. The second-order valence-electron chi connectivity index (χ2n) is 12.3. The van der Waals surface area contributed by atoms with E-state index in [1.165, 1.54) is 5.56 Å². The Morgan fingerprint density at radius 1 is 1.04 bits per heavy atom. The molecule has 1 aliphatic heterocycles. The third-order valence-electron chi connectivity index (χ3n) is 8.27. The lowest BCUT2D eigenvalue weighted by Gasteiger charge is -2.26. The first-order valence-corrected chi connectivity index (χ1v) is 16.6. The average molecular weight is 626 g/mol. The van der Waals surface area contributed by atoms with E-state index in [9.17, 15) is 14.7 Å². The number of aliphatic hydroxyl groups is 1. The zero-order chi connectivity index (χ0) is 31.9. The third kappa shape index (κ3) is 8.42. The molecule has 4 aromatic rings. The summed E-state index contributed by atoms with van der Waals surface area (Å²) in [6, 6.07) is 16.6. The smallest absolute Gasteiger partial charge is 0.254 e. The molecule has 236 valence electrons. The van der Waals surface area contributed by atoms with E-state index >= 15 is 0 Å². The van der Waals surface area contributed by atoms with Gasteiger partial charge in [0.1, 0.15) is 5.01 Å². The number of hydrogen-bond acceptors (Lipinski definition) is 7. The minimum absolute atomic E-state index is 0.0458. The number of aromatic nitrogens is 2. The van der Waals surface area contributed by atoms with Gasteiger partial charge in [0.15, 0.2) is 0 Å². The van der Waals surface area contributed by atoms with Gasteiger partial charge in [-0.3, -0.25) is 14.6 Å². The number of hydrogen-bond donors (Lipinski definition) is 3. The van der Waals surface area contributed by atoms with Crippen molar-refractivity contribution < 1.29 is 14.7 Å². The normalized spacial score (nSPS) is 16.1. The molecule has 9 heteroatoms. The summed E-state index contributed by atoms with van der Waals surface area (Å²) in [7, 11) is 0. The molecule has 2 aromatic carbocycles. The van der Waals surface area contributed by atoms with Crippen molar-refractivity contribution in [3.8, 4) is 0 Å². The van der Waals surface area contributed by atoms with Crippen LogP contribution in [0.4, 0.5) is 0 Å². The van der Waals surface area contributed by atoms with Crippen LogP contribution in [0.3, 0.4) is 0 Å². The van der Waals surface area contributed by atoms with Crippen molar-refractivity contribution >= 4 is 23.2 Å². The van der Waals surface area contributed by atoms with Gasteiger partial charge in [0.25, 0.3) is 11.8 Å². The zero-order valence-electron chi connectivity index (χ0n) is 26.5. The summed E-state index contributed by atoms with van der Waals surface area (Å²) in [6.45, 7) is 9.62. The summed E-state index contributed by atoms with van der Waals surface area (Å²) >= 11 is 1.59. The molecule has 3 N–H and O–H groups in total. The molecule has 3 unspecified atom stereocenters. The summed E-state index contributed by atoms with van der Waals surface area (Å²) in [5, 5.41) is 20.7. The van der Waals surface area contributed by atoms with E-state index in [1.807, 2.05) is 72.9 Å². The second-order valence-corrected chi connectivity index (χ2v) is 13.2. The Labute approximate surface area is 269 Å². The van der Waals surface area contributed by atoms with Gasteiger partial charge in [-0.05, 0) is 79.5 Å². The van der Waals surface area contributed by atoms with Crippen LogP contribution in [0.15, 0.2) is 72.4 Å². The Kier molecular flexibility index (Phi) is 10.8. The highest BCUT2D eigenvalue weighted by molar-refractivity contribution is 7.09. The number of carbonyl (C=O) groups excluding carboxylic acids is 2. The van der Waals surface area contributed by atoms with E-state index < -0.39 is 12.1 Å². The standard InChI is InChI=1S/C36H43N5O3S/c1-23(2)30-15-27(18-37-20-30)19-38-21-33(42)31(16-26-9-6-5-7-10-26)40-34(43)28-13-24(3)14-29(17-28)36(44)41-12-8-11-32(41)35-39-25(4)22-45-35/h5-7,9-10,13-15,17-18,20,22-23,31-33,38,42H,8,11-12,16,19,21H2,1-4H3,(H,40,43). The first-order valence-electron chi connectivity index (χ1n) is 15.7. The molecule has 1 aliphatic rings. The van der Waals surface area contributed by atoms with Crippen LogP contribution in [-0.2, 0) is 13.0 Å². The van der Waals surface area contributed by atoms with Crippen LogP contribution in [0.1, 0.15) is 92.3 Å². The molecule has 3 heterocycles. The number of rotatable bonds is 12. The number of benzene rings is 2. The molecule has 3 atom stereocenters. The Hall–Kier alpha value is -3.92. The lowest BCUT2D eigenvalue weighted by atomic mass is 9.99. The summed E-state index contributed by atoms with van der Waals surface area (Å²) in [4.78, 5) is 38.3. The first kappa shape index (κ1) is 32.5. The van der Waals surface area contributed by atoms with E-state index in [0.29, 0.717) is 36.6 Å². The molecule has 2 amide bonds. The molecular weight excluding hydrogens is 582 g/mol. The van der Waals surface area contributed by atoms with Gasteiger partial charge in [0.05, 0.1) is 18.2 Å². The maximum Gasteiger partial charge on any atom is 0.254 e. The molecule has 8 nitrogen and oxygen atoms in total. The molecular formula is C36H43N5O3S. The number of aryl methyl sites for hydroxylation is 2. The highest BCUT2D eigenvalue weighted by Crippen LogP contribution is 2.35. The Morgan fingerprint density at radius 2 is 1.82 bits per heavy atom. The predicted molar refractivity (Wildman–Crippen MR) is 178 cm³/mol. The van der Waals surface area contributed by atoms with Gasteiger partial charge in [0.2, 0.25) is 0 Å². The molecule has 0 radical (unpaired) electrons. The summed E-state index contributed by atoms with van der Waals surface area (Å²) < 4.78 is 0. The lowest BCUT2D eigenvalue weighted by molar-refractivity contribution is 0.0735. The highest BCUT2D eigenvalue weighted by atomic mass is 32.1. The van der Waals surface area contributed by atoms with E-state index in [4.69, 9.17) is 0 Å². The number of pyridine rings is 1. The van der Waals surface area contributed by atoms with Crippen LogP contribution < -0.4 is 10.6 Å².